The largest absolute Gasteiger partial charge is 0.347 e. The van der Waals surface area contributed by atoms with Crippen molar-refractivity contribution in [3.05, 3.63) is 35.4 Å². The fourth-order valence-corrected chi connectivity index (χ4v) is 2.96. The van der Waals surface area contributed by atoms with Crippen LogP contribution in [0.2, 0.25) is 0 Å². The predicted molar refractivity (Wildman–Crippen MR) is 89.7 cm³/mol. The Morgan fingerprint density at radius 3 is 2.29 bits per heavy atom. The van der Waals surface area contributed by atoms with Crippen LogP contribution in [0.15, 0.2) is 24.3 Å². The van der Waals surface area contributed by atoms with Crippen molar-refractivity contribution in [2.75, 3.05) is 13.6 Å². The third kappa shape index (κ3) is 6.30. The Labute approximate surface area is 129 Å². The highest BCUT2D eigenvalue weighted by molar-refractivity contribution is 5.96. The molecule has 0 saturated carbocycles. The maximum absolute atomic E-state index is 12.6. The number of amides is 1. The second kappa shape index (κ2) is 7.08. The molecule has 3 heteroatoms. The minimum atomic E-state index is -0.217. The molecule has 0 aliphatic heterocycles. The molecule has 0 aliphatic rings. The SMILES string of the molecule is CNCCc1ccccc1C(=O)NC(C)(C)CC(C)(C)C. The van der Waals surface area contributed by atoms with Crippen LogP contribution >= 0.6 is 0 Å². The van der Waals surface area contributed by atoms with Crippen molar-refractivity contribution < 1.29 is 4.79 Å². The van der Waals surface area contributed by atoms with Gasteiger partial charge in [-0.2, -0.15) is 0 Å². The number of benzene rings is 1. The molecule has 1 aromatic carbocycles. The lowest BCUT2D eigenvalue weighted by Gasteiger charge is -2.33. The van der Waals surface area contributed by atoms with Crippen molar-refractivity contribution in [2.45, 2.75) is 53.0 Å². The van der Waals surface area contributed by atoms with Crippen LogP contribution in [0.5, 0.6) is 0 Å². The normalized spacial score (nSPS) is 12.3. The van der Waals surface area contributed by atoms with Gasteiger partial charge in [-0.3, -0.25) is 4.79 Å². The molecule has 0 saturated heterocycles. The third-order valence-electron chi connectivity index (χ3n) is 3.33. The number of carbonyl (C=O) groups is 1. The number of nitrogens with one attached hydrogen (secondary N) is 2. The van der Waals surface area contributed by atoms with Gasteiger partial charge in [-0.05, 0) is 57.3 Å². The maximum atomic E-state index is 12.6. The highest BCUT2D eigenvalue weighted by Crippen LogP contribution is 2.27. The summed E-state index contributed by atoms with van der Waals surface area (Å²) in [4.78, 5) is 12.6. The lowest BCUT2D eigenvalue weighted by Crippen LogP contribution is -2.46. The van der Waals surface area contributed by atoms with Gasteiger partial charge < -0.3 is 10.6 Å². The number of hydrogen-bond acceptors (Lipinski definition) is 2. The van der Waals surface area contributed by atoms with Crippen LogP contribution in [-0.2, 0) is 6.42 Å². The Balaban J connectivity index is 2.84. The lowest BCUT2D eigenvalue weighted by atomic mass is 9.81. The Kier molecular flexibility index (Phi) is 5.97. The van der Waals surface area contributed by atoms with E-state index in [2.05, 4.69) is 45.3 Å². The zero-order chi connectivity index (χ0) is 16.1. The maximum Gasteiger partial charge on any atom is 0.251 e. The summed E-state index contributed by atoms with van der Waals surface area (Å²) in [6.07, 6.45) is 1.80. The average Bonchev–Trinajstić information content (AvgIpc) is 2.33. The molecule has 0 unspecified atom stereocenters. The van der Waals surface area contributed by atoms with Crippen LogP contribution in [0.3, 0.4) is 0 Å². The molecule has 1 aromatic rings. The van der Waals surface area contributed by atoms with Gasteiger partial charge in [-0.1, -0.05) is 39.0 Å². The molecule has 0 fully saturated rings. The number of hydrogen-bond donors (Lipinski definition) is 2. The molecule has 0 aliphatic carbocycles. The first-order valence-electron chi connectivity index (χ1n) is 7.70. The summed E-state index contributed by atoms with van der Waals surface area (Å²) in [7, 11) is 1.93. The standard InChI is InChI=1S/C18H30N2O/c1-17(2,3)13-18(4,5)20-16(21)15-10-8-7-9-14(15)11-12-19-6/h7-10,19H,11-13H2,1-6H3,(H,20,21). The van der Waals surface area contributed by atoms with Crippen molar-refractivity contribution in [1.29, 1.82) is 0 Å². The van der Waals surface area contributed by atoms with Crippen molar-refractivity contribution in [1.82, 2.24) is 10.6 Å². The van der Waals surface area contributed by atoms with E-state index in [0.717, 1.165) is 30.5 Å². The molecule has 0 radical (unpaired) electrons. The molecule has 1 rings (SSSR count). The summed E-state index contributed by atoms with van der Waals surface area (Å²) in [5.74, 6) is 0.0240. The summed E-state index contributed by atoms with van der Waals surface area (Å²) in [5.41, 5.74) is 1.85. The van der Waals surface area contributed by atoms with Crippen molar-refractivity contribution in [3.63, 3.8) is 0 Å². The summed E-state index contributed by atoms with van der Waals surface area (Å²) in [6, 6.07) is 7.85. The molecule has 3 nitrogen and oxygen atoms in total. The van der Waals surface area contributed by atoms with E-state index in [0.29, 0.717) is 0 Å². The lowest BCUT2D eigenvalue weighted by molar-refractivity contribution is 0.0890. The Bertz CT molecular complexity index is 472. The minimum absolute atomic E-state index is 0.0240. The summed E-state index contributed by atoms with van der Waals surface area (Å²) in [5, 5.41) is 6.32. The van der Waals surface area contributed by atoms with E-state index in [9.17, 15) is 4.79 Å². The molecule has 0 spiro atoms. The van der Waals surface area contributed by atoms with E-state index in [1.807, 2.05) is 31.3 Å². The monoisotopic (exact) mass is 290 g/mol. The first-order chi connectivity index (χ1) is 9.64. The van der Waals surface area contributed by atoms with Crippen molar-refractivity contribution in [3.8, 4) is 0 Å². The second-order valence-electron chi connectivity index (χ2n) is 7.59. The van der Waals surface area contributed by atoms with Crippen LogP contribution in [0, 0.1) is 5.41 Å². The molecular weight excluding hydrogens is 260 g/mol. The van der Waals surface area contributed by atoms with Crippen LogP contribution in [0.4, 0.5) is 0 Å². The highest BCUT2D eigenvalue weighted by atomic mass is 16.1. The van der Waals surface area contributed by atoms with Gasteiger partial charge >= 0.3 is 0 Å². The second-order valence-corrected chi connectivity index (χ2v) is 7.59. The van der Waals surface area contributed by atoms with Gasteiger partial charge in [0.25, 0.3) is 5.91 Å². The van der Waals surface area contributed by atoms with Crippen LogP contribution in [0.25, 0.3) is 0 Å². The fraction of sp³-hybridized carbons (Fsp3) is 0.611. The van der Waals surface area contributed by atoms with E-state index in [-0.39, 0.29) is 16.9 Å². The topological polar surface area (TPSA) is 41.1 Å². The number of carbonyl (C=O) groups excluding carboxylic acids is 1. The van der Waals surface area contributed by atoms with E-state index in [1.165, 1.54) is 0 Å². The summed E-state index contributed by atoms with van der Waals surface area (Å²) in [6.45, 7) is 11.6. The van der Waals surface area contributed by atoms with Crippen LogP contribution < -0.4 is 10.6 Å². The first-order valence-corrected chi connectivity index (χ1v) is 7.70. The first kappa shape index (κ1) is 17.7. The number of rotatable bonds is 6. The fourth-order valence-electron chi connectivity index (χ4n) is 2.96. The Morgan fingerprint density at radius 1 is 1.10 bits per heavy atom. The van der Waals surface area contributed by atoms with Gasteiger partial charge in [0.2, 0.25) is 0 Å². The van der Waals surface area contributed by atoms with E-state index >= 15 is 0 Å². The van der Waals surface area contributed by atoms with Gasteiger partial charge in [0.1, 0.15) is 0 Å². The summed E-state index contributed by atoms with van der Waals surface area (Å²) >= 11 is 0. The smallest absolute Gasteiger partial charge is 0.251 e. The zero-order valence-corrected chi connectivity index (χ0v) is 14.3. The Morgan fingerprint density at radius 2 is 1.71 bits per heavy atom. The predicted octanol–water partition coefficient (Wildman–Crippen LogP) is 3.39. The van der Waals surface area contributed by atoms with Crippen molar-refractivity contribution in [2.24, 2.45) is 5.41 Å². The molecule has 21 heavy (non-hydrogen) atoms. The number of likely N-dealkylation sites (N-methyl/N-ethyl adjacent to an activating group) is 1. The Hall–Kier alpha value is -1.35. The molecule has 118 valence electrons. The van der Waals surface area contributed by atoms with Gasteiger partial charge in [-0.15, -0.1) is 0 Å². The molecule has 1 amide bonds. The zero-order valence-electron chi connectivity index (χ0n) is 14.3. The van der Waals surface area contributed by atoms with Gasteiger partial charge in [0, 0.05) is 11.1 Å². The molecule has 0 heterocycles. The quantitative estimate of drug-likeness (QED) is 0.843. The van der Waals surface area contributed by atoms with E-state index in [1.54, 1.807) is 0 Å². The molecule has 0 aromatic heterocycles. The molecule has 2 N–H and O–H groups in total. The van der Waals surface area contributed by atoms with Gasteiger partial charge in [-0.25, -0.2) is 0 Å². The van der Waals surface area contributed by atoms with Crippen LogP contribution in [-0.4, -0.2) is 25.0 Å². The molecule has 0 bridgehead atoms. The summed E-state index contributed by atoms with van der Waals surface area (Å²) < 4.78 is 0. The van der Waals surface area contributed by atoms with E-state index in [4.69, 9.17) is 0 Å². The van der Waals surface area contributed by atoms with Gasteiger partial charge in [0.15, 0.2) is 0 Å². The van der Waals surface area contributed by atoms with Gasteiger partial charge in [0.05, 0.1) is 0 Å². The van der Waals surface area contributed by atoms with Crippen molar-refractivity contribution >= 4 is 5.91 Å². The average molecular weight is 290 g/mol. The highest BCUT2D eigenvalue weighted by Gasteiger charge is 2.27. The molecule has 0 atom stereocenters. The van der Waals surface area contributed by atoms with E-state index < -0.39 is 0 Å². The third-order valence-corrected chi connectivity index (χ3v) is 3.33. The van der Waals surface area contributed by atoms with Crippen LogP contribution in [0.1, 0.15) is 57.0 Å². The molecular formula is C18H30N2O. The minimum Gasteiger partial charge on any atom is -0.347 e.